The molecule has 2 nitrogen and oxygen atoms in total. The first-order chi connectivity index (χ1) is 7.42. The number of hydrogen-bond acceptors (Lipinski definition) is 2. The van der Waals surface area contributed by atoms with E-state index in [1.54, 1.807) is 0 Å². The maximum Gasteiger partial charge on any atom is 0.0631 e. The fourth-order valence-corrected chi connectivity index (χ4v) is 3.12. The second-order valence-electron chi connectivity index (χ2n) is 6.14. The second kappa shape index (κ2) is 5.50. The van der Waals surface area contributed by atoms with Crippen LogP contribution in [0.2, 0.25) is 0 Å². The fraction of sp³-hybridized carbons (Fsp3) is 1.00. The van der Waals surface area contributed by atoms with Crippen LogP contribution in [0, 0.1) is 11.3 Å². The standard InChI is InChI=1S/C14H29NO/c1-6-12(7-2)15(5)10-11-8-9-14(3,4)13(11)16/h11-13,16H,6-10H2,1-5H3. The van der Waals surface area contributed by atoms with Crippen molar-refractivity contribution in [3.8, 4) is 0 Å². The topological polar surface area (TPSA) is 23.5 Å². The molecule has 1 fully saturated rings. The SMILES string of the molecule is CCC(CC)N(C)CC1CCC(C)(C)C1O. The van der Waals surface area contributed by atoms with E-state index in [1.165, 1.54) is 19.3 Å². The lowest BCUT2D eigenvalue weighted by Crippen LogP contribution is -2.39. The number of aliphatic hydroxyl groups excluding tert-OH is 1. The van der Waals surface area contributed by atoms with Crippen LogP contribution in [0.15, 0.2) is 0 Å². The highest BCUT2D eigenvalue weighted by Gasteiger charge is 2.41. The molecule has 16 heavy (non-hydrogen) atoms. The molecule has 0 aromatic carbocycles. The predicted octanol–water partition coefficient (Wildman–Crippen LogP) is 2.90. The second-order valence-corrected chi connectivity index (χ2v) is 6.14. The van der Waals surface area contributed by atoms with Crippen LogP contribution in [0.25, 0.3) is 0 Å². The van der Waals surface area contributed by atoms with Crippen molar-refractivity contribution in [2.75, 3.05) is 13.6 Å². The zero-order chi connectivity index (χ0) is 12.3. The van der Waals surface area contributed by atoms with Gasteiger partial charge in [-0.15, -0.1) is 0 Å². The van der Waals surface area contributed by atoms with Crippen LogP contribution in [0.5, 0.6) is 0 Å². The van der Waals surface area contributed by atoms with Gasteiger partial charge in [-0.2, -0.15) is 0 Å². The van der Waals surface area contributed by atoms with Crippen LogP contribution >= 0.6 is 0 Å². The molecule has 2 unspecified atom stereocenters. The summed E-state index contributed by atoms with van der Waals surface area (Å²) in [5, 5.41) is 10.3. The van der Waals surface area contributed by atoms with Crippen molar-refractivity contribution in [1.82, 2.24) is 4.90 Å². The summed E-state index contributed by atoms with van der Waals surface area (Å²) in [4.78, 5) is 2.44. The summed E-state index contributed by atoms with van der Waals surface area (Å²) in [5.74, 6) is 0.473. The zero-order valence-electron chi connectivity index (χ0n) is 11.7. The summed E-state index contributed by atoms with van der Waals surface area (Å²) in [7, 11) is 2.20. The smallest absolute Gasteiger partial charge is 0.0631 e. The van der Waals surface area contributed by atoms with Gasteiger partial charge in [0.2, 0.25) is 0 Å². The highest BCUT2D eigenvalue weighted by Crippen LogP contribution is 2.41. The highest BCUT2D eigenvalue weighted by atomic mass is 16.3. The Morgan fingerprint density at radius 2 is 1.88 bits per heavy atom. The lowest BCUT2D eigenvalue weighted by Gasteiger charge is -2.32. The molecule has 0 heterocycles. The first-order valence-corrected chi connectivity index (χ1v) is 6.80. The quantitative estimate of drug-likeness (QED) is 0.780. The van der Waals surface area contributed by atoms with Crippen molar-refractivity contribution < 1.29 is 5.11 Å². The van der Waals surface area contributed by atoms with E-state index >= 15 is 0 Å². The minimum atomic E-state index is -0.121. The first-order valence-electron chi connectivity index (χ1n) is 6.80. The molecular formula is C14H29NO. The molecular weight excluding hydrogens is 198 g/mol. The third-order valence-electron chi connectivity index (χ3n) is 4.49. The van der Waals surface area contributed by atoms with Crippen LogP contribution in [-0.2, 0) is 0 Å². The molecule has 0 bridgehead atoms. The molecule has 0 radical (unpaired) electrons. The molecule has 0 aromatic rings. The summed E-state index contributed by atoms with van der Waals surface area (Å²) < 4.78 is 0. The van der Waals surface area contributed by atoms with Gasteiger partial charge in [-0.1, -0.05) is 27.7 Å². The van der Waals surface area contributed by atoms with Crippen molar-refractivity contribution >= 4 is 0 Å². The lowest BCUT2D eigenvalue weighted by molar-refractivity contribution is 0.0302. The third kappa shape index (κ3) is 2.98. The minimum Gasteiger partial charge on any atom is -0.392 e. The first kappa shape index (κ1) is 14.0. The molecule has 1 rings (SSSR count). The molecule has 2 atom stereocenters. The number of hydrogen-bond donors (Lipinski definition) is 1. The van der Waals surface area contributed by atoms with Gasteiger partial charge in [-0.25, -0.2) is 0 Å². The molecule has 0 spiro atoms. The van der Waals surface area contributed by atoms with E-state index in [-0.39, 0.29) is 11.5 Å². The Balaban J connectivity index is 2.49. The van der Waals surface area contributed by atoms with Crippen LogP contribution in [0.4, 0.5) is 0 Å². The van der Waals surface area contributed by atoms with Crippen molar-refractivity contribution in [2.24, 2.45) is 11.3 Å². The Bertz CT molecular complexity index is 211. The van der Waals surface area contributed by atoms with Gasteiger partial charge in [0.05, 0.1) is 6.10 Å². The van der Waals surface area contributed by atoms with Gasteiger partial charge < -0.3 is 10.0 Å². The largest absolute Gasteiger partial charge is 0.392 e. The van der Waals surface area contributed by atoms with Gasteiger partial charge in [-0.3, -0.25) is 0 Å². The number of rotatable bonds is 5. The molecule has 1 aliphatic carbocycles. The van der Waals surface area contributed by atoms with Gasteiger partial charge in [0.1, 0.15) is 0 Å². The lowest BCUT2D eigenvalue weighted by atomic mass is 9.87. The van der Waals surface area contributed by atoms with Crippen LogP contribution < -0.4 is 0 Å². The summed E-state index contributed by atoms with van der Waals surface area (Å²) in [6, 6.07) is 0.677. The van der Waals surface area contributed by atoms with E-state index in [2.05, 4.69) is 39.6 Å². The van der Waals surface area contributed by atoms with Gasteiger partial charge in [0, 0.05) is 12.6 Å². The zero-order valence-corrected chi connectivity index (χ0v) is 11.7. The Morgan fingerprint density at radius 1 is 1.31 bits per heavy atom. The Morgan fingerprint density at radius 3 is 2.25 bits per heavy atom. The van der Waals surface area contributed by atoms with E-state index in [1.807, 2.05) is 0 Å². The monoisotopic (exact) mass is 227 g/mol. The molecule has 1 saturated carbocycles. The molecule has 0 aromatic heterocycles. The molecule has 0 saturated heterocycles. The predicted molar refractivity (Wildman–Crippen MR) is 69.5 cm³/mol. The molecule has 1 N–H and O–H groups in total. The van der Waals surface area contributed by atoms with Crippen molar-refractivity contribution in [3.05, 3.63) is 0 Å². The molecule has 0 amide bonds. The van der Waals surface area contributed by atoms with E-state index in [4.69, 9.17) is 0 Å². The molecule has 1 aliphatic rings. The van der Waals surface area contributed by atoms with Gasteiger partial charge in [0.15, 0.2) is 0 Å². The fourth-order valence-electron chi connectivity index (χ4n) is 3.12. The maximum atomic E-state index is 10.3. The van der Waals surface area contributed by atoms with E-state index in [0.717, 1.165) is 13.0 Å². The van der Waals surface area contributed by atoms with E-state index < -0.39 is 0 Å². The summed E-state index contributed by atoms with van der Waals surface area (Å²) in [6.07, 6.45) is 4.64. The van der Waals surface area contributed by atoms with Gasteiger partial charge in [-0.05, 0) is 44.1 Å². The average Bonchev–Trinajstić information content (AvgIpc) is 2.47. The molecule has 96 valence electrons. The van der Waals surface area contributed by atoms with Gasteiger partial charge in [0.25, 0.3) is 0 Å². The highest BCUT2D eigenvalue weighted by molar-refractivity contribution is 4.92. The van der Waals surface area contributed by atoms with Crippen LogP contribution in [0.3, 0.4) is 0 Å². The van der Waals surface area contributed by atoms with Crippen LogP contribution in [0.1, 0.15) is 53.4 Å². The molecule has 0 aliphatic heterocycles. The molecule has 2 heteroatoms. The average molecular weight is 227 g/mol. The Hall–Kier alpha value is -0.0800. The summed E-state index contributed by atoms with van der Waals surface area (Å²) in [6.45, 7) is 9.93. The normalized spacial score (nSPS) is 29.2. The Labute approximate surface area is 101 Å². The van der Waals surface area contributed by atoms with Gasteiger partial charge >= 0.3 is 0 Å². The Kier molecular flexibility index (Phi) is 4.81. The minimum absolute atomic E-state index is 0.121. The van der Waals surface area contributed by atoms with Crippen molar-refractivity contribution in [2.45, 2.75) is 65.5 Å². The van der Waals surface area contributed by atoms with E-state index in [9.17, 15) is 5.11 Å². The van der Waals surface area contributed by atoms with Crippen molar-refractivity contribution in [1.29, 1.82) is 0 Å². The summed E-state index contributed by atoms with van der Waals surface area (Å²) in [5.41, 5.74) is 0.124. The maximum absolute atomic E-state index is 10.3. The number of nitrogens with zero attached hydrogens (tertiary/aromatic N) is 1. The van der Waals surface area contributed by atoms with Crippen LogP contribution in [-0.4, -0.2) is 35.7 Å². The van der Waals surface area contributed by atoms with E-state index in [0.29, 0.717) is 12.0 Å². The number of aliphatic hydroxyl groups is 1. The third-order valence-corrected chi connectivity index (χ3v) is 4.49. The van der Waals surface area contributed by atoms with Crippen molar-refractivity contribution in [3.63, 3.8) is 0 Å². The summed E-state index contributed by atoms with van der Waals surface area (Å²) >= 11 is 0.